The van der Waals surface area contributed by atoms with Gasteiger partial charge in [0.1, 0.15) is 5.82 Å². The number of hydrogen-bond acceptors (Lipinski definition) is 4. The van der Waals surface area contributed by atoms with E-state index in [9.17, 15) is 0 Å². The Bertz CT molecular complexity index is 383. The minimum Gasteiger partial charge on any atom is -0.478 e. The van der Waals surface area contributed by atoms with Crippen molar-refractivity contribution in [3.63, 3.8) is 0 Å². The zero-order chi connectivity index (χ0) is 13.0. The average Bonchev–Trinajstić information content (AvgIpc) is 2.40. The van der Waals surface area contributed by atoms with Gasteiger partial charge in [0.25, 0.3) is 0 Å². The van der Waals surface area contributed by atoms with Gasteiger partial charge in [0.05, 0.1) is 6.61 Å². The molecule has 1 aliphatic heterocycles. The fourth-order valence-corrected chi connectivity index (χ4v) is 2.50. The summed E-state index contributed by atoms with van der Waals surface area (Å²) in [6, 6.07) is 6.29. The van der Waals surface area contributed by atoms with Crippen LogP contribution in [0.2, 0.25) is 0 Å². The molecule has 1 aliphatic rings. The second-order valence-electron chi connectivity index (χ2n) is 4.83. The minimum atomic E-state index is 0.335. The van der Waals surface area contributed by atoms with E-state index in [1.807, 2.05) is 25.1 Å². The van der Waals surface area contributed by atoms with Crippen LogP contribution in [-0.4, -0.2) is 30.7 Å². The van der Waals surface area contributed by atoms with Crippen LogP contribution < -0.4 is 15.4 Å². The van der Waals surface area contributed by atoms with Gasteiger partial charge in [0.15, 0.2) is 0 Å². The summed E-state index contributed by atoms with van der Waals surface area (Å²) >= 11 is 0. The van der Waals surface area contributed by atoms with Gasteiger partial charge in [-0.05, 0) is 25.3 Å². The maximum Gasteiger partial charge on any atom is 0.215 e. The highest BCUT2D eigenvalue weighted by atomic mass is 16.5. The fraction of sp³-hybridized carbons (Fsp3) is 0.643. The van der Waals surface area contributed by atoms with Crippen LogP contribution in [-0.2, 0) is 0 Å². The molecule has 0 amide bonds. The predicted octanol–water partition coefficient (Wildman–Crippen LogP) is 2.04. The van der Waals surface area contributed by atoms with E-state index in [1.54, 1.807) is 0 Å². The lowest BCUT2D eigenvalue weighted by Crippen LogP contribution is -2.47. The smallest absolute Gasteiger partial charge is 0.215 e. The molecular formula is C14H23N3O. The second kappa shape index (κ2) is 6.05. The largest absolute Gasteiger partial charge is 0.478 e. The third kappa shape index (κ3) is 2.93. The van der Waals surface area contributed by atoms with Crippen LogP contribution in [0, 0.1) is 5.92 Å². The van der Waals surface area contributed by atoms with Crippen molar-refractivity contribution in [1.82, 2.24) is 4.98 Å². The van der Waals surface area contributed by atoms with Crippen LogP contribution in [0.4, 0.5) is 5.82 Å². The highest BCUT2D eigenvalue weighted by Crippen LogP contribution is 2.24. The molecule has 2 unspecified atom stereocenters. The summed E-state index contributed by atoms with van der Waals surface area (Å²) in [4.78, 5) is 6.86. The molecule has 0 saturated carbocycles. The molecule has 1 fully saturated rings. The van der Waals surface area contributed by atoms with Gasteiger partial charge in [-0.1, -0.05) is 19.4 Å². The van der Waals surface area contributed by atoms with Crippen molar-refractivity contribution in [3.8, 4) is 5.88 Å². The van der Waals surface area contributed by atoms with E-state index in [1.165, 1.54) is 0 Å². The number of nitrogens with zero attached hydrogens (tertiary/aromatic N) is 2. The first kappa shape index (κ1) is 13.1. The molecule has 0 spiro atoms. The van der Waals surface area contributed by atoms with Crippen LogP contribution in [0.5, 0.6) is 5.88 Å². The Morgan fingerprint density at radius 1 is 1.44 bits per heavy atom. The number of aromatic nitrogens is 1. The second-order valence-corrected chi connectivity index (χ2v) is 4.83. The minimum absolute atomic E-state index is 0.335. The summed E-state index contributed by atoms with van der Waals surface area (Å²) in [6.07, 6.45) is 2.17. The summed E-state index contributed by atoms with van der Waals surface area (Å²) in [5.74, 6) is 2.28. The van der Waals surface area contributed by atoms with Gasteiger partial charge in [0, 0.05) is 25.2 Å². The summed E-state index contributed by atoms with van der Waals surface area (Å²) in [6.45, 7) is 6.82. The molecule has 2 N–H and O–H groups in total. The molecule has 1 aromatic rings. The van der Waals surface area contributed by atoms with Gasteiger partial charge in [-0.2, -0.15) is 4.98 Å². The van der Waals surface area contributed by atoms with E-state index < -0.39 is 0 Å². The number of nitrogens with two attached hydrogens (primary N) is 1. The van der Waals surface area contributed by atoms with Crippen LogP contribution >= 0.6 is 0 Å². The molecule has 4 nitrogen and oxygen atoms in total. The number of ether oxygens (including phenoxy) is 1. The maximum atomic E-state index is 6.14. The number of anilines is 1. The van der Waals surface area contributed by atoms with Crippen molar-refractivity contribution in [3.05, 3.63) is 18.2 Å². The molecule has 0 bridgehead atoms. The Morgan fingerprint density at radius 2 is 2.28 bits per heavy atom. The van der Waals surface area contributed by atoms with Gasteiger partial charge in [-0.25, -0.2) is 0 Å². The van der Waals surface area contributed by atoms with Gasteiger partial charge in [-0.3, -0.25) is 0 Å². The van der Waals surface area contributed by atoms with E-state index >= 15 is 0 Å². The highest BCUT2D eigenvalue weighted by Gasteiger charge is 2.25. The molecule has 0 aliphatic carbocycles. The number of hydrogen-bond donors (Lipinski definition) is 1. The van der Waals surface area contributed by atoms with E-state index in [2.05, 4.69) is 16.8 Å². The third-order valence-corrected chi connectivity index (χ3v) is 3.64. The van der Waals surface area contributed by atoms with Gasteiger partial charge in [-0.15, -0.1) is 0 Å². The summed E-state index contributed by atoms with van der Waals surface area (Å²) in [7, 11) is 0. The van der Waals surface area contributed by atoms with Crippen molar-refractivity contribution in [2.45, 2.75) is 32.7 Å². The fourth-order valence-electron chi connectivity index (χ4n) is 2.50. The van der Waals surface area contributed by atoms with Gasteiger partial charge >= 0.3 is 0 Å². The number of pyridine rings is 1. The standard InChI is InChI=1S/C14H23N3O/c1-3-11-10-17(9-8-12(11)15)13-6-5-7-14(16-13)18-4-2/h5-7,11-12H,3-4,8-10,15H2,1-2H3. The van der Waals surface area contributed by atoms with E-state index in [-0.39, 0.29) is 0 Å². The summed E-state index contributed by atoms with van der Waals surface area (Å²) < 4.78 is 5.45. The maximum absolute atomic E-state index is 6.14. The van der Waals surface area contributed by atoms with E-state index in [4.69, 9.17) is 10.5 Å². The Labute approximate surface area is 109 Å². The monoisotopic (exact) mass is 249 g/mol. The van der Waals surface area contributed by atoms with Gasteiger partial charge in [0.2, 0.25) is 5.88 Å². The molecule has 2 atom stereocenters. The first-order valence-electron chi connectivity index (χ1n) is 6.85. The molecule has 4 heteroatoms. The Kier molecular flexibility index (Phi) is 4.42. The van der Waals surface area contributed by atoms with Crippen molar-refractivity contribution in [2.24, 2.45) is 11.7 Å². The van der Waals surface area contributed by atoms with E-state index in [0.717, 1.165) is 31.7 Å². The zero-order valence-corrected chi connectivity index (χ0v) is 11.3. The average molecular weight is 249 g/mol. The molecule has 1 saturated heterocycles. The summed E-state index contributed by atoms with van der Waals surface area (Å²) in [5.41, 5.74) is 6.14. The Morgan fingerprint density at radius 3 is 3.00 bits per heavy atom. The van der Waals surface area contributed by atoms with Crippen molar-refractivity contribution in [1.29, 1.82) is 0 Å². The first-order valence-corrected chi connectivity index (χ1v) is 6.85. The Hall–Kier alpha value is -1.29. The SMILES string of the molecule is CCOc1cccc(N2CCC(N)C(CC)C2)n1. The lowest BCUT2D eigenvalue weighted by molar-refractivity contribution is 0.324. The molecule has 0 radical (unpaired) electrons. The van der Waals surface area contributed by atoms with Gasteiger partial charge < -0.3 is 15.4 Å². The molecule has 0 aromatic carbocycles. The predicted molar refractivity (Wildman–Crippen MR) is 74.0 cm³/mol. The molecule has 2 heterocycles. The van der Waals surface area contributed by atoms with Crippen molar-refractivity contribution < 1.29 is 4.74 Å². The lowest BCUT2D eigenvalue weighted by Gasteiger charge is -2.37. The molecule has 2 rings (SSSR count). The van der Waals surface area contributed by atoms with Crippen LogP contribution in [0.1, 0.15) is 26.7 Å². The third-order valence-electron chi connectivity index (χ3n) is 3.64. The normalized spacial score (nSPS) is 24.1. The van der Waals surface area contributed by atoms with Crippen molar-refractivity contribution in [2.75, 3.05) is 24.6 Å². The number of piperidine rings is 1. The molecule has 100 valence electrons. The molecule has 1 aromatic heterocycles. The topological polar surface area (TPSA) is 51.4 Å². The van der Waals surface area contributed by atoms with Crippen LogP contribution in [0.3, 0.4) is 0 Å². The zero-order valence-electron chi connectivity index (χ0n) is 11.3. The lowest BCUT2D eigenvalue weighted by atomic mass is 9.91. The van der Waals surface area contributed by atoms with Crippen LogP contribution in [0.25, 0.3) is 0 Å². The van der Waals surface area contributed by atoms with Crippen LogP contribution in [0.15, 0.2) is 18.2 Å². The van der Waals surface area contributed by atoms with Crippen molar-refractivity contribution >= 4 is 5.82 Å². The highest BCUT2D eigenvalue weighted by molar-refractivity contribution is 5.41. The number of rotatable bonds is 4. The Balaban J connectivity index is 2.09. The summed E-state index contributed by atoms with van der Waals surface area (Å²) in [5, 5.41) is 0. The molecule has 18 heavy (non-hydrogen) atoms. The first-order chi connectivity index (χ1) is 8.74. The van der Waals surface area contributed by atoms with E-state index in [0.29, 0.717) is 24.4 Å². The molecular weight excluding hydrogens is 226 g/mol. The quantitative estimate of drug-likeness (QED) is 0.887.